The molecule has 0 fully saturated rings. The standard InChI is InChI=1S/C16H13N3O2/c17-15(20)11-7-18-14-8(11)5-6-10(14)13-9-3-1-2-4-12(9)19-16(13)21/h1-4,7,18H,5-6H2,(H2,17,20)(H,19,21). The quantitative estimate of drug-likeness (QED) is 0.696. The molecule has 5 heteroatoms. The lowest BCUT2D eigenvalue weighted by atomic mass is 9.99. The summed E-state index contributed by atoms with van der Waals surface area (Å²) >= 11 is 0. The van der Waals surface area contributed by atoms with Gasteiger partial charge in [-0.2, -0.15) is 0 Å². The minimum atomic E-state index is -0.435. The van der Waals surface area contributed by atoms with Gasteiger partial charge in [-0.3, -0.25) is 9.59 Å². The summed E-state index contributed by atoms with van der Waals surface area (Å²) in [7, 11) is 0. The van der Waals surface area contributed by atoms with Crippen molar-refractivity contribution in [3.8, 4) is 0 Å². The topological polar surface area (TPSA) is 88.0 Å². The zero-order valence-electron chi connectivity index (χ0n) is 11.2. The maximum absolute atomic E-state index is 12.3. The number of hydrogen-bond acceptors (Lipinski definition) is 2. The van der Waals surface area contributed by atoms with Crippen molar-refractivity contribution in [3.63, 3.8) is 0 Å². The second-order valence-corrected chi connectivity index (χ2v) is 5.27. The van der Waals surface area contributed by atoms with Crippen LogP contribution in [0.1, 0.15) is 33.6 Å². The van der Waals surface area contributed by atoms with Gasteiger partial charge in [0.1, 0.15) is 0 Å². The number of anilines is 1. The van der Waals surface area contributed by atoms with Crippen LogP contribution in [0.3, 0.4) is 0 Å². The summed E-state index contributed by atoms with van der Waals surface area (Å²) in [6.07, 6.45) is 3.09. The zero-order valence-corrected chi connectivity index (χ0v) is 11.2. The Morgan fingerprint density at radius 1 is 1.19 bits per heavy atom. The van der Waals surface area contributed by atoms with Crippen LogP contribution < -0.4 is 11.1 Å². The van der Waals surface area contributed by atoms with Crippen molar-refractivity contribution in [1.82, 2.24) is 4.98 Å². The third-order valence-corrected chi connectivity index (χ3v) is 4.15. The molecule has 1 aliphatic carbocycles. The van der Waals surface area contributed by atoms with Crippen molar-refractivity contribution >= 4 is 28.6 Å². The molecule has 0 atom stereocenters. The van der Waals surface area contributed by atoms with Gasteiger partial charge in [-0.1, -0.05) is 18.2 Å². The molecule has 0 spiro atoms. The Morgan fingerprint density at radius 2 is 2.00 bits per heavy atom. The summed E-state index contributed by atoms with van der Waals surface area (Å²) in [5.74, 6) is -0.524. The van der Waals surface area contributed by atoms with Gasteiger partial charge in [0, 0.05) is 23.1 Å². The van der Waals surface area contributed by atoms with Crippen LogP contribution in [0, 0.1) is 0 Å². The predicted octanol–water partition coefficient (Wildman–Crippen LogP) is 1.92. The molecule has 104 valence electrons. The third kappa shape index (κ3) is 1.57. The minimum absolute atomic E-state index is 0.0886. The molecule has 0 unspecified atom stereocenters. The summed E-state index contributed by atoms with van der Waals surface area (Å²) in [6, 6.07) is 7.64. The molecule has 4 N–H and O–H groups in total. The van der Waals surface area contributed by atoms with Crippen LogP contribution in [0.15, 0.2) is 30.5 Å². The molecule has 2 aromatic rings. The van der Waals surface area contributed by atoms with Crippen LogP contribution in [0.5, 0.6) is 0 Å². The Kier molecular flexibility index (Phi) is 2.33. The van der Waals surface area contributed by atoms with Crippen LogP contribution in [0.25, 0.3) is 11.1 Å². The summed E-state index contributed by atoms with van der Waals surface area (Å²) in [5, 5.41) is 2.88. The Labute approximate surface area is 120 Å². The van der Waals surface area contributed by atoms with Crippen molar-refractivity contribution in [2.45, 2.75) is 12.8 Å². The SMILES string of the molecule is NC(=O)c1c[nH]c2c1CCC2=C1C(=O)Nc2ccccc21. The lowest BCUT2D eigenvalue weighted by Crippen LogP contribution is -2.11. The van der Waals surface area contributed by atoms with Gasteiger partial charge in [0.15, 0.2) is 0 Å². The van der Waals surface area contributed by atoms with Gasteiger partial charge in [0.05, 0.1) is 11.1 Å². The summed E-state index contributed by atoms with van der Waals surface area (Å²) in [6.45, 7) is 0. The molecule has 0 radical (unpaired) electrons. The van der Waals surface area contributed by atoms with E-state index in [4.69, 9.17) is 5.73 Å². The van der Waals surface area contributed by atoms with E-state index in [0.29, 0.717) is 11.1 Å². The van der Waals surface area contributed by atoms with Gasteiger partial charge in [-0.25, -0.2) is 0 Å². The Bertz CT molecular complexity index is 830. The van der Waals surface area contributed by atoms with E-state index >= 15 is 0 Å². The normalized spacial score (nSPS) is 19.3. The Morgan fingerprint density at radius 3 is 2.81 bits per heavy atom. The van der Waals surface area contributed by atoms with E-state index in [2.05, 4.69) is 10.3 Å². The highest BCUT2D eigenvalue weighted by atomic mass is 16.2. The van der Waals surface area contributed by atoms with E-state index < -0.39 is 5.91 Å². The lowest BCUT2D eigenvalue weighted by molar-refractivity contribution is -0.110. The number of rotatable bonds is 1. The number of para-hydroxylation sites is 1. The average Bonchev–Trinajstić information content (AvgIpc) is 3.10. The molecule has 1 aliphatic heterocycles. The summed E-state index contributed by atoms with van der Waals surface area (Å²) in [4.78, 5) is 26.8. The van der Waals surface area contributed by atoms with E-state index in [1.807, 2.05) is 24.3 Å². The fraction of sp³-hybridized carbons (Fsp3) is 0.125. The van der Waals surface area contributed by atoms with Gasteiger partial charge in [0.2, 0.25) is 0 Å². The van der Waals surface area contributed by atoms with Crippen molar-refractivity contribution < 1.29 is 9.59 Å². The van der Waals surface area contributed by atoms with Gasteiger partial charge < -0.3 is 16.0 Å². The number of allylic oxidation sites excluding steroid dienone is 1. The van der Waals surface area contributed by atoms with Crippen LogP contribution in [-0.2, 0) is 11.2 Å². The van der Waals surface area contributed by atoms with E-state index in [0.717, 1.165) is 40.9 Å². The number of aromatic amines is 1. The van der Waals surface area contributed by atoms with Crippen LogP contribution in [0.2, 0.25) is 0 Å². The zero-order chi connectivity index (χ0) is 14.6. The highest BCUT2D eigenvalue weighted by Gasteiger charge is 2.32. The fourth-order valence-corrected chi connectivity index (χ4v) is 3.24. The molecule has 21 heavy (non-hydrogen) atoms. The first-order valence-electron chi connectivity index (χ1n) is 6.81. The first-order valence-corrected chi connectivity index (χ1v) is 6.81. The van der Waals surface area contributed by atoms with Crippen molar-refractivity contribution in [2.75, 3.05) is 5.32 Å². The summed E-state index contributed by atoms with van der Waals surface area (Å²) < 4.78 is 0. The van der Waals surface area contributed by atoms with Gasteiger partial charge >= 0.3 is 0 Å². The molecule has 2 heterocycles. The van der Waals surface area contributed by atoms with E-state index in [9.17, 15) is 9.59 Å². The van der Waals surface area contributed by atoms with Crippen molar-refractivity contribution in [3.05, 3.63) is 52.8 Å². The average molecular weight is 279 g/mol. The van der Waals surface area contributed by atoms with E-state index in [1.54, 1.807) is 6.20 Å². The number of hydrogen-bond donors (Lipinski definition) is 3. The minimum Gasteiger partial charge on any atom is -0.366 e. The summed E-state index contributed by atoms with van der Waals surface area (Å²) in [5.41, 5.74) is 11.1. The molecular weight excluding hydrogens is 266 g/mol. The molecular formula is C16H13N3O2. The highest BCUT2D eigenvalue weighted by Crippen LogP contribution is 2.43. The molecule has 2 amide bonds. The number of nitrogens with one attached hydrogen (secondary N) is 2. The molecule has 2 aliphatic rings. The molecule has 0 saturated carbocycles. The van der Waals surface area contributed by atoms with Crippen molar-refractivity contribution in [2.24, 2.45) is 5.73 Å². The Hall–Kier alpha value is -2.82. The largest absolute Gasteiger partial charge is 0.366 e. The molecule has 1 aromatic carbocycles. The number of aromatic nitrogens is 1. The van der Waals surface area contributed by atoms with Crippen molar-refractivity contribution in [1.29, 1.82) is 0 Å². The van der Waals surface area contributed by atoms with E-state index in [1.165, 1.54) is 0 Å². The third-order valence-electron chi connectivity index (χ3n) is 4.15. The number of benzene rings is 1. The maximum Gasteiger partial charge on any atom is 0.256 e. The van der Waals surface area contributed by atoms with Crippen LogP contribution in [0.4, 0.5) is 5.69 Å². The second-order valence-electron chi connectivity index (χ2n) is 5.27. The Balaban J connectivity index is 1.94. The van der Waals surface area contributed by atoms with Crippen LogP contribution in [-0.4, -0.2) is 16.8 Å². The van der Waals surface area contributed by atoms with Crippen LogP contribution >= 0.6 is 0 Å². The number of primary amides is 1. The molecule has 0 bridgehead atoms. The number of amides is 2. The highest BCUT2D eigenvalue weighted by molar-refractivity contribution is 6.37. The number of H-pyrrole nitrogens is 1. The van der Waals surface area contributed by atoms with Gasteiger partial charge in [-0.05, 0) is 30.0 Å². The second kappa shape index (κ2) is 4.09. The molecule has 0 saturated heterocycles. The molecule has 5 nitrogen and oxygen atoms in total. The fourth-order valence-electron chi connectivity index (χ4n) is 3.24. The van der Waals surface area contributed by atoms with E-state index in [-0.39, 0.29) is 5.91 Å². The first kappa shape index (κ1) is 12.0. The number of nitrogens with two attached hydrogens (primary N) is 1. The number of carbonyl (C=O) groups is 2. The predicted molar refractivity (Wildman–Crippen MR) is 79.5 cm³/mol. The van der Waals surface area contributed by atoms with Gasteiger partial charge in [-0.15, -0.1) is 0 Å². The first-order chi connectivity index (χ1) is 10.2. The smallest absolute Gasteiger partial charge is 0.256 e. The van der Waals surface area contributed by atoms with Gasteiger partial charge in [0.25, 0.3) is 11.8 Å². The number of carbonyl (C=O) groups excluding carboxylic acids is 2. The molecule has 4 rings (SSSR count). The lowest BCUT2D eigenvalue weighted by Gasteiger charge is -2.03. The monoisotopic (exact) mass is 279 g/mol. The molecule has 1 aromatic heterocycles. The maximum atomic E-state index is 12.3. The number of fused-ring (bicyclic) bond motifs is 2.